The molecule has 2 aromatic carbocycles. The number of carbonyl (C=O) groups excluding carboxylic acids is 1. The standard InChI is InChI=1S/C15H10BrClN2O2/c16-10-5-6-11(12(17)9-10)15(20)19-13-3-1-2-4-14(13)21-8-7-18/h1-6,9H,8H2,(H,19,20). The molecule has 4 nitrogen and oxygen atoms in total. The zero-order valence-corrected chi connectivity index (χ0v) is 13.1. The summed E-state index contributed by atoms with van der Waals surface area (Å²) in [7, 11) is 0. The first kappa shape index (κ1) is 15.4. The lowest BCUT2D eigenvalue weighted by Gasteiger charge is -2.11. The SMILES string of the molecule is N#CCOc1ccccc1NC(=O)c1ccc(Br)cc1Cl. The molecule has 2 aromatic rings. The number of carbonyl (C=O) groups is 1. The molecular formula is C15H10BrClN2O2. The van der Waals surface area contributed by atoms with Crippen molar-refractivity contribution in [1.29, 1.82) is 5.26 Å². The Kier molecular flexibility index (Phi) is 5.20. The van der Waals surface area contributed by atoms with Gasteiger partial charge in [-0.15, -0.1) is 0 Å². The van der Waals surface area contributed by atoms with Gasteiger partial charge in [-0.05, 0) is 30.3 Å². The fourth-order valence-electron chi connectivity index (χ4n) is 1.67. The highest BCUT2D eigenvalue weighted by molar-refractivity contribution is 9.10. The Balaban J connectivity index is 2.22. The van der Waals surface area contributed by atoms with Gasteiger partial charge in [0, 0.05) is 4.47 Å². The minimum Gasteiger partial charge on any atom is -0.477 e. The third-order valence-corrected chi connectivity index (χ3v) is 3.41. The van der Waals surface area contributed by atoms with Gasteiger partial charge in [-0.25, -0.2) is 0 Å². The molecule has 1 amide bonds. The van der Waals surface area contributed by atoms with Crippen molar-refractivity contribution in [1.82, 2.24) is 0 Å². The van der Waals surface area contributed by atoms with Gasteiger partial charge < -0.3 is 10.1 Å². The number of anilines is 1. The summed E-state index contributed by atoms with van der Waals surface area (Å²) in [5.41, 5.74) is 0.840. The highest BCUT2D eigenvalue weighted by atomic mass is 79.9. The number of benzene rings is 2. The molecule has 1 N–H and O–H groups in total. The maximum atomic E-state index is 12.2. The third kappa shape index (κ3) is 3.97. The van der Waals surface area contributed by atoms with Crippen LogP contribution in [0.4, 0.5) is 5.69 Å². The maximum absolute atomic E-state index is 12.2. The molecule has 0 aliphatic heterocycles. The first-order chi connectivity index (χ1) is 10.1. The first-order valence-corrected chi connectivity index (χ1v) is 7.14. The van der Waals surface area contributed by atoms with Crippen LogP contribution in [0, 0.1) is 11.3 Å². The lowest BCUT2D eigenvalue weighted by Crippen LogP contribution is -2.13. The number of hydrogen-bond acceptors (Lipinski definition) is 3. The largest absolute Gasteiger partial charge is 0.477 e. The number of nitrogens with one attached hydrogen (secondary N) is 1. The quantitative estimate of drug-likeness (QED) is 0.880. The second kappa shape index (κ2) is 7.11. The topological polar surface area (TPSA) is 62.1 Å². The predicted octanol–water partition coefficient (Wildman–Crippen LogP) is 4.26. The molecule has 0 bridgehead atoms. The average molecular weight is 366 g/mol. The number of nitrogens with zero attached hydrogens (tertiary/aromatic N) is 1. The van der Waals surface area contributed by atoms with Gasteiger partial charge in [-0.2, -0.15) is 5.26 Å². The van der Waals surface area contributed by atoms with Gasteiger partial charge >= 0.3 is 0 Å². The van der Waals surface area contributed by atoms with Crippen LogP contribution in [0.3, 0.4) is 0 Å². The first-order valence-electron chi connectivity index (χ1n) is 5.97. The van der Waals surface area contributed by atoms with Crippen molar-refractivity contribution in [2.75, 3.05) is 11.9 Å². The maximum Gasteiger partial charge on any atom is 0.257 e. The van der Waals surface area contributed by atoms with Gasteiger partial charge in [-0.1, -0.05) is 39.7 Å². The van der Waals surface area contributed by atoms with E-state index in [-0.39, 0.29) is 12.5 Å². The van der Waals surface area contributed by atoms with E-state index in [2.05, 4.69) is 21.2 Å². The molecule has 0 aliphatic rings. The van der Waals surface area contributed by atoms with Crippen LogP contribution in [0.15, 0.2) is 46.9 Å². The molecule has 0 spiro atoms. The summed E-state index contributed by atoms with van der Waals surface area (Å²) in [5, 5.41) is 11.6. The molecule has 106 valence electrons. The predicted molar refractivity (Wildman–Crippen MR) is 84.7 cm³/mol. The van der Waals surface area contributed by atoms with Crippen molar-refractivity contribution in [3.05, 3.63) is 57.5 Å². The number of ether oxygens (including phenoxy) is 1. The van der Waals surface area contributed by atoms with Crippen LogP contribution < -0.4 is 10.1 Å². The highest BCUT2D eigenvalue weighted by Gasteiger charge is 2.13. The molecule has 0 heterocycles. The number of halogens is 2. The highest BCUT2D eigenvalue weighted by Crippen LogP contribution is 2.26. The van der Waals surface area contributed by atoms with Crippen molar-refractivity contribution in [3.63, 3.8) is 0 Å². The van der Waals surface area contributed by atoms with Crippen molar-refractivity contribution >= 4 is 39.1 Å². The molecule has 0 fully saturated rings. The number of para-hydroxylation sites is 2. The Morgan fingerprint density at radius 1 is 1.33 bits per heavy atom. The van der Waals surface area contributed by atoms with Gasteiger partial charge in [0.15, 0.2) is 6.61 Å². The van der Waals surface area contributed by atoms with E-state index in [1.807, 2.05) is 6.07 Å². The van der Waals surface area contributed by atoms with Crippen LogP contribution in [-0.2, 0) is 0 Å². The van der Waals surface area contributed by atoms with E-state index in [9.17, 15) is 4.79 Å². The lowest BCUT2D eigenvalue weighted by atomic mass is 10.2. The number of rotatable bonds is 4. The Hall–Kier alpha value is -2.03. The van der Waals surface area contributed by atoms with Crippen molar-refractivity contribution in [2.24, 2.45) is 0 Å². The molecule has 0 aliphatic carbocycles. The van der Waals surface area contributed by atoms with E-state index in [4.69, 9.17) is 21.6 Å². The molecule has 0 aromatic heterocycles. The van der Waals surface area contributed by atoms with Crippen LogP contribution >= 0.6 is 27.5 Å². The lowest BCUT2D eigenvalue weighted by molar-refractivity contribution is 0.102. The summed E-state index contributed by atoms with van der Waals surface area (Å²) in [6.07, 6.45) is 0. The van der Waals surface area contributed by atoms with Crippen LogP contribution in [-0.4, -0.2) is 12.5 Å². The summed E-state index contributed by atoms with van der Waals surface area (Å²) >= 11 is 9.33. The van der Waals surface area contributed by atoms with Crippen LogP contribution in [0.1, 0.15) is 10.4 Å². The number of nitriles is 1. The third-order valence-electron chi connectivity index (χ3n) is 2.60. The summed E-state index contributed by atoms with van der Waals surface area (Å²) in [4.78, 5) is 12.2. The fourth-order valence-corrected chi connectivity index (χ4v) is 2.43. The van der Waals surface area contributed by atoms with E-state index in [0.29, 0.717) is 22.0 Å². The van der Waals surface area contributed by atoms with Crippen LogP contribution in [0.2, 0.25) is 5.02 Å². The van der Waals surface area contributed by atoms with Crippen molar-refractivity contribution < 1.29 is 9.53 Å². The Morgan fingerprint density at radius 2 is 2.10 bits per heavy atom. The van der Waals surface area contributed by atoms with Crippen molar-refractivity contribution in [2.45, 2.75) is 0 Å². The Morgan fingerprint density at radius 3 is 2.81 bits per heavy atom. The van der Waals surface area contributed by atoms with Crippen molar-refractivity contribution in [3.8, 4) is 11.8 Å². The molecule has 0 saturated carbocycles. The van der Waals surface area contributed by atoms with E-state index in [0.717, 1.165) is 4.47 Å². The number of amides is 1. The summed E-state index contributed by atoms with van der Waals surface area (Å²) in [5.74, 6) is 0.0844. The minimum absolute atomic E-state index is 0.0913. The molecule has 0 radical (unpaired) electrons. The van der Waals surface area contributed by atoms with Gasteiger partial charge in [-0.3, -0.25) is 4.79 Å². The Labute approximate surface area is 135 Å². The zero-order chi connectivity index (χ0) is 15.2. The van der Waals surface area contributed by atoms with E-state index in [1.54, 1.807) is 42.5 Å². The smallest absolute Gasteiger partial charge is 0.257 e. The van der Waals surface area contributed by atoms with Crippen LogP contribution in [0.5, 0.6) is 5.75 Å². The second-order valence-electron chi connectivity index (χ2n) is 4.02. The molecule has 2 rings (SSSR count). The normalized spacial score (nSPS) is 9.76. The average Bonchev–Trinajstić information content (AvgIpc) is 2.46. The van der Waals surface area contributed by atoms with E-state index >= 15 is 0 Å². The van der Waals surface area contributed by atoms with E-state index in [1.165, 1.54) is 0 Å². The monoisotopic (exact) mass is 364 g/mol. The van der Waals surface area contributed by atoms with Gasteiger partial charge in [0.2, 0.25) is 0 Å². The van der Waals surface area contributed by atoms with Gasteiger partial charge in [0.05, 0.1) is 16.3 Å². The molecule has 0 unspecified atom stereocenters. The summed E-state index contributed by atoms with van der Waals surface area (Å²) in [6.45, 7) is -0.0913. The second-order valence-corrected chi connectivity index (χ2v) is 5.34. The Bertz CT molecular complexity index is 713. The molecule has 0 atom stereocenters. The zero-order valence-electron chi connectivity index (χ0n) is 10.8. The molecule has 6 heteroatoms. The summed E-state index contributed by atoms with van der Waals surface area (Å²) in [6, 6.07) is 13.8. The van der Waals surface area contributed by atoms with E-state index < -0.39 is 0 Å². The number of hydrogen-bond donors (Lipinski definition) is 1. The fraction of sp³-hybridized carbons (Fsp3) is 0.0667. The van der Waals surface area contributed by atoms with Crippen LogP contribution in [0.25, 0.3) is 0 Å². The molecule has 0 saturated heterocycles. The van der Waals surface area contributed by atoms with Gasteiger partial charge in [0.1, 0.15) is 11.8 Å². The van der Waals surface area contributed by atoms with Gasteiger partial charge in [0.25, 0.3) is 5.91 Å². The molecular weight excluding hydrogens is 356 g/mol. The minimum atomic E-state index is -0.347. The summed E-state index contributed by atoms with van der Waals surface area (Å²) < 4.78 is 6.05. The molecule has 21 heavy (non-hydrogen) atoms.